The zero-order valence-corrected chi connectivity index (χ0v) is 15.7. The molecule has 1 heterocycles. The summed E-state index contributed by atoms with van der Waals surface area (Å²) in [5.74, 6) is 0.149. The molecule has 2 aromatic carbocycles. The summed E-state index contributed by atoms with van der Waals surface area (Å²) in [6.07, 6.45) is 0. The summed E-state index contributed by atoms with van der Waals surface area (Å²) in [6.45, 7) is 1.98. The van der Waals surface area contributed by atoms with Crippen LogP contribution in [0.1, 0.15) is 5.56 Å². The molecule has 0 unspecified atom stereocenters. The maximum atomic E-state index is 11.9. The van der Waals surface area contributed by atoms with Gasteiger partial charge in [-0.25, -0.2) is 4.98 Å². The first-order chi connectivity index (χ1) is 11.5. The number of hydrazine groups is 1. The molecule has 8 heteroatoms. The van der Waals surface area contributed by atoms with Crippen molar-refractivity contribution in [1.82, 2.24) is 10.4 Å². The maximum absolute atomic E-state index is 11.9. The van der Waals surface area contributed by atoms with Crippen LogP contribution in [0.25, 0.3) is 10.2 Å². The Morgan fingerprint density at radius 1 is 1.21 bits per heavy atom. The first-order valence-electron chi connectivity index (χ1n) is 7.02. The van der Waals surface area contributed by atoms with Gasteiger partial charge < -0.3 is 0 Å². The fourth-order valence-corrected chi connectivity index (χ4v) is 3.99. The SMILES string of the molecule is Cc1ccc(Cl)c2sc(NNC(=O)CSc3ccc(Cl)cc3)nc12. The normalized spacial score (nSPS) is 10.8. The van der Waals surface area contributed by atoms with E-state index in [1.165, 1.54) is 23.1 Å². The Balaban J connectivity index is 1.57. The Morgan fingerprint density at radius 3 is 2.67 bits per heavy atom. The quantitative estimate of drug-likeness (QED) is 0.461. The number of amides is 1. The number of aryl methyl sites for hydroxylation is 1. The van der Waals surface area contributed by atoms with Crippen molar-refractivity contribution in [3.05, 3.63) is 52.0 Å². The molecule has 0 aliphatic heterocycles. The minimum absolute atomic E-state index is 0.142. The third-order valence-corrected chi connectivity index (χ3v) is 5.88. The molecule has 4 nitrogen and oxygen atoms in total. The van der Waals surface area contributed by atoms with Gasteiger partial charge in [0.15, 0.2) is 0 Å². The van der Waals surface area contributed by atoms with Gasteiger partial charge in [0.2, 0.25) is 11.0 Å². The highest BCUT2D eigenvalue weighted by atomic mass is 35.5. The zero-order valence-electron chi connectivity index (χ0n) is 12.6. The van der Waals surface area contributed by atoms with E-state index < -0.39 is 0 Å². The molecule has 24 heavy (non-hydrogen) atoms. The van der Waals surface area contributed by atoms with E-state index in [1.54, 1.807) is 12.1 Å². The number of anilines is 1. The van der Waals surface area contributed by atoms with Crippen molar-refractivity contribution >= 4 is 67.6 Å². The summed E-state index contributed by atoms with van der Waals surface area (Å²) in [6, 6.07) is 11.1. The number of rotatable bonds is 5. The number of nitrogens with one attached hydrogen (secondary N) is 2. The van der Waals surface area contributed by atoms with Crippen molar-refractivity contribution in [3.63, 3.8) is 0 Å². The van der Waals surface area contributed by atoms with E-state index in [9.17, 15) is 4.79 Å². The van der Waals surface area contributed by atoms with Crippen LogP contribution < -0.4 is 10.9 Å². The Kier molecular flexibility index (Phi) is 5.50. The van der Waals surface area contributed by atoms with Gasteiger partial charge in [-0.1, -0.05) is 40.6 Å². The lowest BCUT2D eigenvalue weighted by Gasteiger charge is -2.05. The molecule has 2 N–H and O–H groups in total. The van der Waals surface area contributed by atoms with E-state index in [-0.39, 0.29) is 5.91 Å². The van der Waals surface area contributed by atoms with Gasteiger partial charge >= 0.3 is 0 Å². The maximum Gasteiger partial charge on any atom is 0.248 e. The number of fused-ring (bicyclic) bond motifs is 1. The molecule has 1 amide bonds. The van der Waals surface area contributed by atoms with E-state index in [4.69, 9.17) is 23.2 Å². The third-order valence-electron chi connectivity index (χ3n) is 3.19. The van der Waals surface area contributed by atoms with Crippen molar-refractivity contribution in [2.45, 2.75) is 11.8 Å². The first kappa shape index (κ1) is 17.4. The molecule has 0 fully saturated rings. The molecule has 0 spiro atoms. The van der Waals surface area contributed by atoms with Crippen LogP contribution >= 0.6 is 46.3 Å². The Morgan fingerprint density at radius 2 is 1.96 bits per heavy atom. The summed E-state index contributed by atoms with van der Waals surface area (Å²) in [5, 5.41) is 1.94. The molecular weight excluding hydrogens is 385 g/mol. The van der Waals surface area contributed by atoms with Crippen LogP contribution in [-0.4, -0.2) is 16.6 Å². The number of nitrogens with zero attached hydrogens (tertiary/aromatic N) is 1. The number of carbonyl (C=O) groups excluding carboxylic acids is 1. The van der Waals surface area contributed by atoms with Gasteiger partial charge in [-0.15, -0.1) is 11.8 Å². The number of hydrogen-bond acceptors (Lipinski definition) is 5. The molecule has 3 rings (SSSR count). The Bertz CT molecular complexity index is 842. The fourth-order valence-electron chi connectivity index (χ4n) is 1.99. The fraction of sp³-hybridized carbons (Fsp3) is 0.125. The van der Waals surface area contributed by atoms with Gasteiger partial charge in [0.25, 0.3) is 0 Å². The molecule has 0 atom stereocenters. The lowest BCUT2D eigenvalue weighted by molar-refractivity contribution is -0.118. The number of carbonyl (C=O) groups is 1. The van der Waals surface area contributed by atoms with Crippen LogP contribution in [0, 0.1) is 6.92 Å². The van der Waals surface area contributed by atoms with Gasteiger partial charge in [0, 0.05) is 9.92 Å². The highest BCUT2D eigenvalue weighted by molar-refractivity contribution is 8.00. The summed E-state index contributed by atoms with van der Waals surface area (Å²) in [5.41, 5.74) is 7.39. The topological polar surface area (TPSA) is 54.0 Å². The predicted molar refractivity (Wildman–Crippen MR) is 103 cm³/mol. The average molecular weight is 398 g/mol. The largest absolute Gasteiger partial charge is 0.273 e. The van der Waals surface area contributed by atoms with E-state index >= 15 is 0 Å². The number of hydrogen-bond donors (Lipinski definition) is 2. The van der Waals surface area contributed by atoms with E-state index in [0.717, 1.165) is 20.7 Å². The number of halogens is 2. The van der Waals surface area contributed by atoms with Crippen LogP contribution in [0.15, 0.2) is 41.3 Å². The van der Waals surface area contributed by atoms with Crippen LogP contribution in [0.5, 0.6) is 0 Å². The van der Waals surface area contributed by atoms with Crippen molar-refractivity contribution < 1.29 is 4.79 Å². The lowest BCUT2D eigenvalue weighted by Crippen LogP contribution is -2.30. The molecule has 0 saturated heterocycles. The smallest absolute Gasteiger partial charge is 0.248 e. The molecule has 0 saturated carbocycles. The summed E-state index contributed by atoms with van der Waals surface area (Å²) in [4.78, 5) is 17.4. The van der Waals surface area contributed by atoms with Gasteiger partial charge in [0.05, 0.1) is 21.0 Å². The second-order valence-electron chi connectivity index (χ2n) is 4.98. The minimum atomic E-state index is -0.142. The predicted octanol–water partition coefficient (Wildman–Crippen LogP) is 5.15. The van der Waals surface area contributed by atoms with Crippen LogP contribution in [0.2, 0.25) is 10.0 Å². The van der Waals surface area contributed by atoms with Gasteiger partial charge in [0.1, 0.15) is 0 Å². The number of aromatic nitrogens is 1. The van der Waals surface area contributed by atoms with Crippen LogP contribution in [-0.2, 0) is 4.79 Å². The number of benzene rings is 2. The molecule has 0 bridgehead atoms. The van der Waals surface area contributed by atoms with Crippen LogP contribution in [0.4, 0.5) is 5.13 Å². The molecule has 3 aromatic rings. The van der Waals surface area contributed by atoms with E-state index in [0.29, 0.717) is 20.9 Å². The van der Waals surface area contributed by atoms with E-state index in [2.05, 4.69) is 15.8 Å². The second-order valence-corrected chi connectivity index (χ2v) is 7.87. The summed E-state index contributed by atoms with van der Waals surface area (Å²) < 4.78 is 0.906. The monoisotopic (exact) mass is 397 g/mol. The van der Waals surface area contributed by atoms with Gasteiger partial charge in [-0.2, -0.15) is 0 Å². The second kappa shape index (κ2) is 7.61. The number of thiazole rings is 1. The Hall–Kier alpha value is -1.47. The Labute approximate surface area is 157 Å². The first-order valence-corrected chi connectivity index (χ1v) is 9.57. The van der Waals surface area contributed by atoms with E-state index in [1.807, 2.05) is 31.2 Å². The highest BCUT2D eigenvalue weighted by Crippen LogP contribution is 2.33. The van der Waals surface area contributed by atoms with Crippen LogP contribution in [0.3, 0.4) is 0 Å². The zero-order chi connectivity index (χ0) is 17.1. The molecule has 0 radical (unpaired) electrons. The number of thioether (sulfide) groups is 1. The van der Waals surface area contributed by atoms with Crippen molar-refractivity contribution in [2.75, 3.05) is 11.2 Å². The third kappa shape index (κ3) is 4.13. The van der Waals surface area contributed by atoms with Crippen molar-refractivity contribution in [3.8, 4) is 0 Å². The van der Waals surface area contributed by atoms with Crippen molar-refractivity contribution in [2.24, 2.45) is 0 Å². The lowest BCUT2D eigenvalue weighted by atomic mass is 10.2. The molecular formula is C16H13Cl2N3OS2. The summed E-state index contributed by atoms with van der Waals surface area (Å²) >= 11 is 14.8. The highest BCUT2D eigenvalue weighted by Gasteiger charge is 2.10. The molecule has 0 aliphatic rings. The average Bonchev–Trinajstić information content (AvgIpc) is 3.01. The van der Waals surface area contributed by atoms with Gasteiger partial charge in [-0.3, -0.25) is 15.6 Å². The molecule has 124 valence electrons. The summed E-state index contributed by atoms with van der Waals surface area (Å²) in [7, 11) is 0. The van der Waals surface area contributed by atoms with Gasteiger partial charge in [-0.05, 0) is 42.8 Å². The standard InChI is InChI=1S/C16H13Cl2N3OS2/c1-9-2-7-12(18)15-14(9)19-16(24-15)21-20-13(22)8-23-11-5-3-10(17)4-6-11/h2-7H,8H2,1H3,(H,19,21)(H,20,22). The minimum Gasteiger partial charge on any atom is -0.273 e. The molecule has 1 aromatic heterocycles. The molecule has 0 aliphatic carbocycles. The van der Waals surface area contributed by atoms with Crippen molar-refractivity contribution in [1.29, 1.82) is 0 Å².